The Bertz CT molecular complexity index is 904. The van der Waals surface area contributed by atoms with Crippen molar-refractivity contribution in [2.24, 2.45) is 22.9 Å². The molecule has 13 heteroatoms. The summed E-state index contributed by atoms with van der Waals surface area (Å²) in [4.78, 5) is 50.4. The molecule has 1 aromatic rings. The third-order valence-corrected chi connectivity index (χ3v) is 5.54. The van der Waals surface area contributed by atoms with Crippen molar-refractivity contribution in [3.8, 4) is 0 Å². The molecule has 1 saturated heterocycles. The summed E-state index contributed by atoms with van der Waals surface area (Å²) >= 11 is 0. The van der Waals surface area contributed by atoms with Crippen molar-refractivity contribution in [3.05, 3.63) is 33.1 Å². The van der Waals surface area contributed by atoms with E-state index in [1.165, 1.54) is 16.8 Å². The van der Waals surface area contributed by atoms with Gasteiger partial charge in [0.05, 0.1) is 0 Å². The fourth-order valence-corrected chi connectivity index (χ4v) is 3.56. The van der Waals surface area contributed by atoms with E-state index in [1.54, 1.807) is 0 Å². The van der Waals surface area contributed by atoms with Crippen LogP contribution in [0.4, 0.5) is 0 Å². The number of hydrogen-bond donors (Lipinski definition) is 5. The van der Waals surface area contributed by atoms with Gasteiger partial charge in [0.25, 0.3) is 5.56 Å². The number of esters is 2. The monoisotopic (exact) mass is 484 g/mol. The van der Waals surface area contributed by atoms with Crippen molar-refractivity contribution >= 4 is 11.9 Å². The lowest BCUT2D eigenvalue weighted by Gasteiger charge is -2.21. The molecule has 0 saturated carbocycles. The predicted molar refractivity (Wildman–Crippen MR) is 122 cm³/mol. The molecule has 0 radical (unpaired) electrons. The van der Waals surface area contributed by atoms with Crippen molar-refractivity contribution in [1.29, 1.82) is 0 Å². The van der Waals surface area contributed by atoms with E-state index in [1.807, 2.05) is 0 Å². The fraction of sp³-hybridized carbons (Fsp3) is 0.714. The van der Waals surface area contributed by atoms with E-state index in [0.717, 1.165) is 12.8 Å². The minimum absolute atomic E-state index is 0.0952. The Balaban J connectivity index is 2.05. The summed E-state index contributed by atoms with van der Waals surface area (Å²) in [7, 11) is 0. The lowest BCUT2D eigenvalue weighted by Crippen LogP contribution is -2.40. The van der Waals surface area contributed by atoms with E-state index in [2.05, 4.69) is 4.98 Å². The maximum atomic E-state index is 12.5. The molecule has 1 aliphatic rings. The van der Waals surface area contributed by atoms with Crippen LogP contribution in [0.5, 0.6) is 0 Å². The molecule has 0 amide bonds. The summed E-state index contributed by atoms with van der Waals surface area (Å²) in [6.45, 7) is 0.763. The second-order valence-electron chi connectivity index (χ2n) is 8.27. The fourth-order valence-electron chi connectivity index (χ4n) is 3.56. The normalized spacial score (nSPS) is 21.7. The van der Waals surface area contributed by atoms with E-state index in [9.17, 15) is 19.2 Å². The van der Waals surface area contributed by atoms with Gasteiger partial charge in [-0.3, -0.25) is 23.9 Å². The van der Waals surface area contributed by atoms with Crippen molar-refractivity contribution in [3.63, 3.8) is 0 Å². The van der Waals surface area contributed by atoms with Gasteiger partial charge in [-0.05, 0) is 38.8 Å². The first-order valence-electron chi connectivity index (χ1n) is 11.5. The second-order valence-corrected chi connectivity index (χ2v) is 8.27. The van der Waals surface area contributed by atoms with Gasteiger partial charge in [-0.1, -0.05) is 12.8 Å². The smallest absolute Gasteiger partial charge is 0.330 e. The number of nitrogens with two attached hydrogens (primary N) is 4. The number of hydrogen-bond acceptors (Lipinski definition) is 11. The molecule has 0 aliphatic carbocycles. The van der Waals surface area contributed by atoms with Gasteiger partial charge < -0.3 is 37.1 Å². The molecule has 0 spiro atoms. The molecule has 1 fully saturated rings. The van der Waals surface area contributed by atoms with E-state index >= 15 is 0 Å². The molecule has 13 nitrogen and oxygen atoms in total. The maximum absolute atomic E-state index is 12.5. The summed E-state index contributed by atoms with van der Waals surface area (Å²) < 4.78 is 17.9. The average molecular weight is 485 g/mol. The van der Waals surface area contributed by atoms with Crippen molar-refractivity contribution in [1.82, 2.24) is 9.55 Å². The number of rotatable bonds is 14. The number of nitrogens with zero attached hydrogens (tertiary/aromatic N) is 1. The van der Waals surface area contributed by atoms with Crippen molar-refractivity contribution < 1.29 is 23.8 Å². The number of aromatic amines is 1. The van der Waals surface area contributed by atoms with E-state index in [-0.39, 0.29) is 13.0 Å². The Morgan fingerprint density at radius 2 is 1.68 bits per heavy atom. The third kappa shape index (κ3) is 8.33. The van der Waals surface area contributed by atoms with Crippen LogP contribution in [0.3, 0.4) is 0 Å². The lowest BCUT2D eigenvalue weighted by molar-refractivity contribution is -0.160. The zero-order chi connectivity index (χ0) is 25.1. The molecule has 5 atom stereocenters. The minimum Gasteiger partial charge on any atom is -0.462 e. The topological polar surface area (TPSA) is 221 Å². The molecule has 0 unspecified atom stereocenters. The van der Waals surface area contributed by atoms with Gasteiger partial charge in [0.15, 0.2) is 0 Å². The van der Waals surface area contributed by atoms with Crippen LogP contribution in [-0.2, 0) is 23.8 Å². The minimum atomic E-state index is -0.857. The summed E-state index contributed by atoms with van der Waals surface area (Å²) in [5, 5.41) is 0. The Kier molecular flexibility index (Phi) is 11.4. The van der Waals surface area contributed by atoms with Crippen LogP contribution in [0.1, 0.15) is 51.2 Å². The molecule has 2 rings (SSSR count). The van der Waals surface area contributed by atoms with Crippen LogP contribution in [0.15, 0.2) is 21.9 Å². The molecule has 1 aromatic heterocycles. The van der Waals surface area contributed by atoms with Gasteiger partial charge in [-0.15, -0.1) is 0 Å². The average Bonchev–Trinajstić information content (AvgIpc) is 3.19. The first kappa shape index (κ1) is 27.7. The molecule has 9 N–H and O–H groups in total. The van der Waals surface area contributed by atoms with E-state index in [4.69, 9.17) is 37.1 Å². The number of ether oxygens (including phenoxy) is 3. The maximum Gasteiger partial charge on any atom is 0.330 e. The molecule has 192 valence electrons. The number of unbranched alkanes of at least 4 members (excludes halogenated alkanes) is 2. The molecule has 0 aromatic carbocycles. The SMILES string of the molecule is NCCCC[C@H](N)C(=O)OC[C@H]1O[C@@H](n2ccc(=O)[nH]c2=O)C[C@@H]1OC(=O)[C@@H](N)CCCCN. The number of nitrogens with one attached hydrogen (secondary N) is 1. The standard InChI is InChI=1S/C21H36N6O7/c22-8-3-1-5-13(24)19(29)32-12-16-15(34-20(30)14(25)6-2-4-9-23)11-18(33-16)27-10-7-17(28)26-21(27)31/h7,10,13-16,18H,1-6,8-9,11-12,22-25H2,(H,26,28,31)/t13-,14-,15-,16+,18+/m0/s1. The summed E-state index contributed by atoms with van der Waals surface area (Å²) in [5.74, 6) is -1.25. The first-order valence-corrected chi connectivity index (χ1v) is 11.5. The lowest BCUT2D eigenvalue weighted by atomic mass is 10.1. The summed E-state index contributed by atoms with van der Waals surface area (Å²) in [6, 6.07) is -0.490. The van der Waals surface area contributed by atoms with Gasteiger partial charge in [0, 0.05) is 18.7 Å². The number of aromatic nitrogens is 2. The quantitative estimate of drug-likeness (QED) is 0.146. The Morgan fingerprint density at radius 1 is 1.06 bits per heavy atom. The Morgan fingerprint density at radius 3 is 2.26 bits per heavy atom. The Hall–Kier alpha value is -2.58. The molecule has 1 aliphatic heterocycles. The first-order chi connectivity index (χ1) is 16.3. The van der Waals surface area contributed by atoms with Crippen LogP contribution in [0, 0.1) is 0 Å². The zero-order valence-electron chi connectivity index (χ0n) is 19.2. The van der Waals surface area contributed by atoms with Crippen molar-refractivity contribution in [2.75, 3.05) is 19.7 Å². The highest BCUT2D eigenvalue weighted by Gasteiger charge is 2.41. The summed E-state index contributed by atoms with van der Waals surface area (Å²) in [6.07, 6.45) is 2.50. The van der Waals surface area contributed by atoms with Crippen LogP contribution in [0.25, 0.3) is 0 Å². The van der Waals surface area contributed by atoms with Gasteiger partial charge in [0.2, 0.25) is 0 Å². The van der Waals surface area contributed by atoms with E-state index < -0.39 is 53.7 Å². The largest absolute Gasteiger partial charge is 0.462 e. The Labute approximate surface area is 197 Å². The molecule has 0 bridgehead atoms. The van der Waals surface area contributed by atoms with Gasteiger partial charge in [-0.25, -0.2) is 4.79 Å². The third-order valence-electron chi connectivity index (χ3n) is 5.54. The highest BCUT2D eigenvalue weighted by atomic mass is 16.6. The highest BCUT2D eigenvalue weighted by Crippen LogP contribution is 2.30. The second kappa shape index (κ2) is 14.0. The van der Waals surface area contributed by atoms with Crippen molar-refractivity contribution in [2.45, 2.75) is 75.5 Å². The summed E-state index contributed by atoms with van der Waals surface area (Å²) in [5.41, 5.74) is 21.5. The molecule has 2 heterocycles. The van der Waals surface area contributed by atoms with Gasteiger partial charge >= 0.3 is 17.6 Å². The predicted octanol–water partition coefficient (Wildman–Crippen LogP) is -1.81. The molecular weight excluding hydrogens is 448 g/mol. The van der Waals surface area contributed by atoms with Crippen LogP contribution in [0.2, 0.25) is 0 Å². The number of carbonyl (C=O) groups excluding carboxylic acids is 2. The van der Waals surface area contributed by atoms with E-state index in [0.29, 0.717) is 38.8 Å². The van der Waals surface area contributed by atoms with Crippen LogP contribution < -0.4 is 34.2 Å². The number of H-pyrrole nitrogens is 1. The van der Waals surface area contributed by atoms with Gasteiger partial charge in [-0.2, -0.15) is 0 Å². The highest BCUT2D eigenvalue weighted by molar-refractivity contribution is 5.76. The molecular formula is C21H36N6O7. The number of carbonyl (C=O) groups is 2. The zero-order valence-corrected chi connectivity index (χ0v) is 19.2. The van der Waals surface area contributed by atoms with Crippen LogP contribution >= 0.6 is 0 Å². The molecule has 34 heavy (non-hydrogen) atoms. The van der Waals surface area contributed by atoms with Gasteiger partial charge in [0.1, 0.15) is 37.1 Å². The van der Waals surface area contributed by atoms with Crippen LogP contribution in [-0.4, -0.2) is 65.5 Å².